The fourth-order valence-electron chi connectivity index (χ4n) is 0.705. The smallest absolute Gasteiger partial charge is 0.303 e. The maximum Gasteiger partial charge on any atom is 0.303 e. The third-order valence-electron chi connectivity index (χ3n) is 1.22. The first-order chi connectivity index (χ1) is 4.42. The van der Waals surface area contributed by atoms with Gasteiger partial charge < -0.3 is 9.59 Å². The van der Waals surface area contributed by atoms with Gasteiger partial charge >= 0.3 is 5.97 Å². The van der Waals surface area contributed by atoms with E-state index >= 15 is 0 Å². The van der Waals surface area contributed by atoms with Gasteiger partial charge in [-0.05, 0) is 0 Å². The van der Waals surface area contributed by atoms with Crippen LogP contribution in [0.3, 0.4) is 0 Å². The molecule has 0 radical (unpaired) electrons. The van der Waals surface area contributed by atoms with Gasteiger partial charge in [0.25, 0.3) is 0 Å². The van der Waals surface area contributed by atoms with Gasteiger partial charge in [0.05, 0.1) is 34.1 Å². The average molecular weight is 162 g/mol. The summed E-state index contributed by atoms with van der Waals surface area (Å²) in [6.07, 6.45) is 1.05. The molecule has 0 aromatic heterocycles. The normalized spacial score (nSPS) is 10.5. The number of nitrogens with zero attached hydrogens (tertiary/aromatic N) is 1. The minimum absolute atomic E-state index is 0. The van der Waals surface area contributed by atoms with Crippen LogP contribution >= 0.6 is 0 Å². The molecule has 0 fully saturated rings. The van der Waals surface area contributed by atoms with Crippen molar-refractivity contribution in [2.24, 2.45) is 0 Å². The van der Waals surface area contributed by atoms with Crippen LogP contribution in [0, 0.1) is 0 Å². The Balaban J connectivity index is 0. The minimum Gasteiger partial charge on any atom is -0.481 e. The fraction of sp³-hybridized carbons (Fsp3) is 0.875. The molecule has 68 valence electrons. The number of carbonyl (C=O) groups is 1. The Morgan fingerprint density at radius 1 is 1.36 bits per heavy atom. The number of quaternary nitrogens is 1. The van der Waals surface area contributed by atoms with Crippen LogP contribution in [0.5, 0.6) is 0 Å². The summed E-state index contributed by atoms with van der Waals surface area (Å²) in [5.74, 6) is -0.701. The lowest BCUT2D eigenvalue weighted by atomic mass is 10.3. The summed E-state index contributed by atoms with van der Waals surface area (Å²) in [4.78, 5) is 10.1. The molecule has 0 aromatic rings. The standard InChI is InChI=1S/C7H15NO2.CH4/c1-8(2,3)6-4-5-7(9)10;/h4-6H2,1-3H3;1H4/p+1. The molecule has 0 atom stereocenters. The van der Waals surface area contributed by atoms with Crippen LogP contribution in [-0.2, 0) is 4.79 Å². The zero-order valence-corrected chi connectivity index (χ0v) is 6.92. The highest BCUT2D eigenvalue weighted by Crippen LogP contribution is 1.96. The quantitative estimate of drug-likeness (QED) is 0.630. The zero-order valence-electron chi connectivity index (χ0n) is 6.92. The van der Waals surface area contributed by atoms with E-state index in [-0.39, 0.29) is 13.8 Å². The lowest BCUT2D eigenvalue weighted by Crippen LogP contribution is -2.35. The Bertz CT molecular complexity index is 116. The molecular weight excluding hydrogens is 142 g/mol. The van der Waals surface area contributed by atoms with Gasteiger partial charge in [0.2, 0.25) is 0 Å². The maximum absolute atomic E-state index is 10.1. The van der Waals surface area contributed by atoms with E-state index < -0.39 is 5.97 Å². The monoisotopic (exact) mass is 162 g/mol. The van der Waals surface area contributed by atoms with E-state index in [1.54, 1.807) is 0 Å². The van der Waals surface area contributed by atoms with Crippen molar-refractivity contribution in [1.29, 1.82) is 0 Å². The molecule has 0 aromatic carbocycles. The third-order valence-corrected chi connectivity index (χ3v) is 1.22. The van der Waals surface area contributed by atoms with Crippen LogP contribution in [0.2, 0.25) is 0 Å². The van der Waals surface area contributed by atoms with Gasteiger partial charge in [-0.15, -0.1) is 0 Å². The summed E-state index contributed by atoms with van der Waals surface area (Å²) < 4.78 is 0.841. The molecule has 0 heterocycles. The molecule has 0 saturated heterocycles. The van der Waals surface area contributed by atoms with E-state index in [9.17, 15) is 4.79 Å². The number of rotatable bonds is 4. The predicted octanol–water partition coefficient (Wildman–Crippen LogP) is 1.19. The van der Waals surface area contributed by atoms with Crippen LogP contribution < -0.4 is 0 Å². The van der Waals surface area contributed by atoms with Crippen molar-refractivity contribution >= 4 is 5.97 Å². The molecule has 0 saturated carbocycles. The Morgan fingerprint density at radius 3 is 2.09 bits per heavy atom. The maximum atomic E-state index is 10.1. The van der Waals surface area contributed by atoms with Crippen molar-refractivity contribution in [3.63, 3.8) is 0 Å². The second kappa shape index (κ2) is 5.13. The summed E-state index contributed by atoms with van der Waals surface area (Å²) in [6, 6.07) is 0. The van der Waals surface area contributed by atoms with Crippen molar-refractivity contribution < 1.29 is 14.4 Å². The first-order valence-electron chi connectivity index (χ1n) is 3.44. The van der Waals surface area contributed by atoms with E-state index in [1.807, 2.05) is 0 Å². The van der Waals surface area contributed by atoms with E-state index in [0.717, 1.165) is 17.4 Å². The van der Waals surface area contributed by atoms with Crippen LogP contribution in [-0.4, -0.2) is 43.2 Å². The van der Waals surface area contributed by atoms with Gasteiger partial charge in [-0.3, -0.25) is 4.79 Å². The highest BCUT2D eigenvalue weighted by atomic mass is 16.4. The molecule has 0 unspecified atom stereocenters. The Morgan fingerprint density at radius 2 is 1.82 bits per heavy atom. The number of hydrogen-bond donors (Lipinski definition) is 1. The van der Waals surface area contributed by atoms with Crippen LogP contribution in [0.1, 0.15) is 20.3 Å². The molecule has 3 nitrogen and oxygen atoms in total. The first kappa shape index (κ1) is 13.1. The van der Waals surface area contributed by atoms with Gasteiger partial charge in [0.15, 0.2) is 0 Å². The van der Waals surface area contributed by atoms with Gasteiger partial charge in [-0.1, -0.05) is 7.43 Å². The van der Waals surface area contributed by atoms with E-state index in [2.05, 4.69) is 21.1 Å². The number of aliphatic carboxylic acids is 1. The zero-order chi connectivity index (χ0) is 8.20. The van der Waals surface area contributed by atoms with Gasteiger partial charge in [0.1, 0.15) is 0 Å². The van der Waals surface area contributed by atoms with Gasteiger partial charge in [-0.25, -0.2) is 0 Å². The topological polar surface area (TPSA) is 37.3 Å². The second-order valence-corrected chi connectivity index (χ2v) is 3.51. The molecule has 0 bridgehead atoms. The first-order valence-corrected chi connectivity index (χ1v) is 3.44. The number of carboxylic acids is 1. The Labute approximate surface area is 69.2 Å². The predicted molar refractivity (Wildman–Crippen MR) is 46.5 cm³/mol. The summed E-state index contributed by atoms with van der Waals surface area (Å²) >= 11 is 0. The van der Waals surface area contributed by atoms with Crippen molar-refractivity contribution in [1.82, 2.24) is 0 Å². The summed E-state index contributed by atoms with van der Waals surface area (Å²) in [6.45, 7) is 0.923. The Kier molecular flexibility index (Phi) is 6.09. The summed E-state index contributed by atoms with van der Waals surface area (Å²) in [7, 11) is 6.17. The van der Waals surface area contributed by atoms with E-state index in [1.165, 1.54) is 0 Å². The van der Waals surface area contributed by atoms with Crippen molar-refractivity contribution in [3.05, 3.63) is 0 Å². The van der Waals surface area contributed by atoms with E-state index in [4.69, 9.17) is 5.11 Å². The molecule has 1 N–H and O–H groups in total. The van der Waals surface area contributed by atoms with Crippen LogP contribution in [0.4, 0.5) is 0 Å². The van der Waals surface area contributed by atoms with Crippen LogP contribution in [0.15, 0.2) is 0 Å². The highest BCUT2D eigenvalue weighted by molar-refractivity contribution is 5.66. The van der Waals surface area contributed by atoms with Crippen molar-refractivity contribution in [2.45, 2.75) is 20.3 Å². The largest absolute Gasteiger partial charge is 0.481 e. The van der Waals surface area contributed by atoms with Crippen LogP contribution in [0.25, 0.3) is 0 Å². The molecule has 0 rings (SSSR count). The molecule has 11 heavy (non-hydrogen) atoms. The summed E-state index contributed by atoms with van der Waals surface area (Å²) in [5.41, 5.74) is 0. The van der Waals surface area contributed by atoms with Crippen molar-refractivity contribution in [2.75, 3.05) is 27.7 Å². The average Bonchev–Trinajstić information content (AvgIpc) is 1.59. The number of hydrogen-bond acceptors (Lipinski definition) is 1. The highest BCUT2D eigenvalue weighted by Gasteiger charge is 2.07. The minimum atomic E-state index is -0.701. The summed E-state index contributed by atoms with van der Waals surface area (Å²) in [5, 5.41) is 8.30. The molecule has 3 heteroatoms. The third kappa shape index (κ3) is 12.6. The molecule has 0 aliphatic carbocycles. The van der Waals surface area contributed by atoms with Gasteiger partial charge in [-0.2, -0.15) is 0 Å². The second-order valence-electron chi connectivity index (χ2n) is 3.51. The van der Waals surface area contributed by atoms with Crippen molar-refractivity contribution in [3.8, 4) is 0 Å². The molecule has 0 spiro atoms. The Hall–Kier alpha value is -0.570. The lowest BCUT2D eigenvalue weighted by Gasteiger charge is -2.23. The fourth-order valence-corrected chi connectivity index (χ4v) is 0.705. The van der Waals surface area contributed by atoms with Gasteiger partial charge in [0, 0.05) is 6.42 Å². The lowest BCUT2D eigenvalue weighted by molar-refractivity contribution is -0.870. The number of carboxylic acid groups (broad SMARTS) is 1. The molecule has 0 aliphatic rings. The molecule has 0 aliphatic heterocycles. The molecular formula is C8H20NO2+. The molecule has 0 amide bonds. The van der Waals surface area contributed by atoms with E-state index in [0.29, 0.717) is 0 Å². The SMILES string of the molecule is C.C[N+](C)(C)CCCC(=O)O.